The Labute approximate surface area is 121 Å². The summed E-state index contributed by atoms with van der Waals surface area (Å²) in [6.07, 6.45) is 0. The Morgan fingerprint density at radius 1 is 1.26 bits per heavy atom. The average Bonchev–Trinajstić information content (AvgIpc) is 2.79. The highest BCUT2D eigenvalue weighted by molar-refractivity contribution is 9.10. The SMILES string of the molecule is CCn1c(C(=O)O)ccc1-c1cc(C)c(Br)c(C)c1. The van der Waals surface area contributed by atoms with E-state index in [1.807, 2.05) is 31.4 Å². The first-order valence-electron chi connectivity index (χ1n) is 6.15. The molecule has 0 saturated carbocycles. The van der Waals surface area contributed by atoms with Crippen LogP contribution in [0, 0.1) is 13.8 Å². The lowest BCUT2D eigenvalue weighted by Gasteiger charge is -2.12. The predicted octanol–water partition coefficient (Wildman–Crippen LogP) is 4.25. The minimum atomic E-state index is -0.890. The summed E-state index contributed by atoms with van der Waals surface area (Å²) in [5.41, 5.74) is 4.62. The second-order valence-corrected chi connectivity index (χ2v) is 5.37. The molecule has 0 unspecified atom stereocenters. The van der Waals surface area contributed by atoms with Gasteiger partial charge in [-0.1, -0.05) is 15.9 Å². The van der Waals surface area contributed by atoms with Gasteiger partial charge in [0.15, 0.2) is 0 Å². The van der Waals surface area contributed by atoms with Crippen LogP contribution in [-0.4, -0.2) is 15.6 Å². The lowest BCUT2D eigenvalue weighted by atomic mass is 10.1. The molecule has 1 aromatic carbocycles. The van der Waals surface area contributed by atoms with Gasteiger partial charge in [-0.25, -0.2) is 4.79 Å². The van der Waals surface area contributed by atoms with E-state index in [1.54, 1.807) is 6.07 Å². The van der Waals surface area contributed by atoms with Crippen LogP contribution in [0.3, 0.4) is 0 Å². The van der Waals surface area contributed by atoms with Crippen LogP contribution >= 0.6 is 15.9 Å². The van der Waals surface area contributed by atoms with E-state index in [9.17, 15) is 9.90 Å². The molecule has 0 aliphatic rings. The molecule has 0 saturated heterocycles. The molecule has 3 nitrogen and oxygen atoms in total. The van der Waals surface area contributed by atoms with Crippen LogP contribution in [0.15, 0.2) is 28.7 Å². The Morgan fingerprint density at radius 2 is 1.84 bits per heavy atom. The fourth-order valence-corrected chi connectivity index (χ4v) is 2.57. The van der Waals surface area contributed by atoms with Crippen molar-refractivity contribution in [2.24, 2.45) is 0 Å². The number of aryl methyl sites for hydroxylation is 2. The summed E-state index contributed by atoms with van der Waals surface area (Å²) in [6, 6.07) is 7.68. The van der Waals surface area contributed by atoms with Crippen molar-refractivity contribution < 1.29 is 9.90 Å². The molecule has 100 valence electrons. The van der Waals surface area contributed by atoms with E-state index >= 15 is 0 Å². The van der Waals surface area contributed by atoms with Crippen LogP contribution in [0.2, 0.25) is 0 Å². The third-order valence-corrected chi connectivity index (χ3v) is 4.50. The van der Waals surface area contributed by atoms with Crippen LogP contribution in [0.1, 0.15) is 28.5 Å². The van der Waals surface area contributed by atoms with Crippen molar-refractivity contribution in [3.63, 3.8) is 0 Å². The third kappa shape index (κ3) is 2.45. The molecule has 2 rings (SSSR count). The van der Waals surface area contributed by atoms with Crippen molar-refractivity contribution in [2.45, 2.75) is 27.3 Å². The number of rotatable bonds is 3. The van der Waals surface area contributed by atoms with E-state index in [2.05, 4.69) is 28.1 Å². The zero-order valence-corrected chi connectivity index (χ0v) is 12.8. The topological polar surface area (TPSA) is 42.2 Å². The number of hydrogen-bond acceptors (Lipinski definition) is 1. The first-order valence-corrected chi connectivity index (χ1v) is 6.95. The number of halogens is 1. The molecule has 1 aromatic heterocycles. The second-order valence-electron chi connectivity index (χ2n) is 4.58. The van der Waals surface area contributed by atoms with Crippen molar-refractivity contribution in [2.75, 3.05) is 0 Å². The third-order valence-electron chi connectivity index (χ3n) is 3.25. The van der Waals surface area contributed by atoms with Gasteiger partial charge in [-0.2, -0.15) is 0 Å². The lowest BCUT2D eigenvalue weighted by molar-refractivity contribution is 0.0685. The number of carbonyl (C=O) groups is 1. The van der Waals surface area contributed by atoms with Gasteiger partial charge in [-0.3, -0.25) is 0 Å². The zero-order chi connectivity index (χ0) is 14.2. The summed E-state index contributed by atoms with van der Waals surface area (Å²) in [7, 11) is 0. The normalized spacial score (nSPS) is 10.7. The quantitative estimate of drug-likeness (QED) is 0.918. The van der Waals surface area contributed by atoms with Crippen molar-refractivity contribution >= 4 is 21.9 Å². The largest absolute Gasteiger partial charge is 0.477 e. The number of aromatic carboxylic acids is 1. The van der Waals surface area contributed by atoms with Gasteiger partial charge in [0.05, 0.1) is 0 Å². The van der Waals surface area contributed by atoms with E-state index in [0.29, 0.717) is 12.2 Å². The highest BCUT2D eigenvalue weighted by Crippen LogP contribution is 2.29. The van der Waals surface area contributed by atoms with Crippen LogP contribution < -0.4 is 0 Å². The fraction of sp³-hybridized carbons (Fsp3) is 0.267. The van der Waals surface area contributed by atoms with Gasteiger partial charge < -0.3 is 9.67 Å². The number of benzene rings is 1. The summed E-state index contributed by atoms with van der Waals surface area (Å²) < 4.78 is 2.93. The molecule has 0 aliphatic carbocycles. The molecule has 0 bridgehead atoms. The number of hydrogen-bond donors (Lipinski definition) is 1. The molecule has 0 aliphatic heterocycles. The highest BCUT2D eigenvalue weighted by atomic mass is 79.9. The lowest BCUT2D eigenvalue weighted by Crippen LogP contribution is -2.08. The van der Waals surface area contributed by atoms with Gasteiger partial charge in [0.2, 0.25) is 0 Å². The molecule has 0 fully saturated rings. The average molecular weight is 322 g/mol. The number of aromatic nitrogens is 1. The van der Waals surface area contributed by atoms with Gasteiger partial charge in [0, 0.05) is 16.7 Å². The molecule has 0 radical (unpaired) electrons. The Morgan fingerprint density at radius 3 is 2.32 bits per heavy atom. The molecule has 0 atom stereocenters. The Kier molecular flexibility index (Phi) is 3.80. The van der Waals surface area contributed by atoms with Crippen molar-refractivity contribution in [3.05, 3.63) is 45.6 Å². The Hall–Kier alpha value is -1.55. The molecule has 19 heavy (non-hydrogen) atoms. The summed E-state index contributed by atoms with van der Waals surface area (Å²) in [5, 5.41) is 9.18. The number of carboxylic acid groups (broad SMARTS) is 1. The van der Waals surface area contributed by atoms with E-state index in [1.165, 1.54) is 0 Å². The molecule has 2 aromatic rings. The van der Waals surface area contributed by atoms with Gasteiger partial charge in [0.1, 0.15) is 5.69 Å². The summed E-state index contributed by atoms with van der Waals surface area (Å²) in [5.74, 6) is -0.890. The minimum absolute atomic E-state index is 0.329. The first kappa shape index (κ1) is 13.9. The van der Waals surface area contributed by atoms with E-state index in [4.69, 9.17) is 0 Å². The van der Waals surface area contributed by atoms with E-state index in [0.717, 1.165) is 26.9 Å². The van der Waals surface area contributed by atoms with Gasteiger partial charge in [-0.15, -0.1) is 0 Å². The predicted molar refractivity (Wildman–Crippen MR) is 79.7 cm³/mol. The van der Waals surface area contributed by atoms with Crippen LogP contribution in [0.25, 0.3) is 11.3 Å². The molecule has 1 heterocycles. The van der Waals surface area contributed by atoms with Gasteiger partial charge in [0.25, 0.3) is 0 Å². The standard InChI is InChI=1S/C15H16BrNO2/c1-4-17-12(5-6-13(17)15(18)19)11-7-9(2)14(16)10(3)8-11/h5-8H,4H2,1-3H3,(H,18,19). The van der Waals surface area contributed by atoms with Crippen molar-refractivity contribution in [1.29, 1.82) is 0 Å². The second kappa shape index (κ2) is 5.21. The maximum atomic E-state index is 11.2. The van der Waals surface area contributed by atoms with E-state index < -0.39 is 5.97 Å². The molecule has 0 spiro atoms. The number of nitrogens with zero attached hydrogens (tertiary/aromatic N) is 1. The zero-order valence-electron chi connectivity index (χ0n) is 11.2. The molecular weight excluding hydrogens is 306 g/mol. The fourth-order valence-electron chi connectivity index (χ4n) is 2.34. The smallest absolute Gasteiger partial charge is 0.352 e. The maximum Gasteiger partial charge on any atom is 0.352 e. The van der Waals surface area contributed by atoms with Gasteiger partial charge in [-0.05, 0) is 61.7 Å². The monoisotopic (exact) mass is 321 g/mol. The van der Waals surface area contributed by atoms with Gasteiger partial charge >= 0.3 is 5.97 Å². The van der Waals surface area contributed by atoms with Crippen LogP contribution in [-0.2, 0) is 6.54 Å². The van der Waals surface area contributed by atoms with E-state index in [-0.39, 0.29) is 0 Å². The van der Waals surface area contributed by atoms with Crippen molar-refractivity contribution in [3.8, 4) is 11.3 Å². The molecule has 4 heteroatoms. The molecular formula is C15H16BrNO2. The maximum absolute atomic E-state index is 11.2. The first-order chi connectivity index (χ1) is 8.95. The highest BCUT2D eigenvalue weighted by Gasteiger charge is 2.15. The molecule has 0 amide bonds. The Bertz CT molecular complexity index is 621. The van der Waals surface area contributed by atoms with Crippen LogP contribution in [0.4, 0.5) is 0 Å². The summed E-state index contributed by atoms with van der Waals surface area (Å²) in [4.78, 5) is 11.2. The Balaban J connectivity index is 2.62. The molecule has 1 N–H and O–H groups in total. The minimum Gasteiger partial charge on any atom is -0.477 e. The van der Waals surface area contributed by atoms with Crippen LogP contribution in [0.5, 0.6) is 0 Å². The summed E-state index contributed by atoms with van der Waals surface area (Å²) in [6.45, 7) is 6.67. The van der Waals surface area contributed by atoms with Crippen molar-refractivity contribution in [1.82, 2.24) is 4.57 Å². The summed E-state index contributed by atoms with van der Waals surface area (Å²) >= 11 is 3.55. The number of carboxylic acids is 1.